The summed E-state index contributed by atoms with van der Waals surface area (Å²) in [7, 11) is 0. The van der Waals surface area contributed by atoms with Crippen LogP contribution < -0.4 is 5.32 Å². The fraction of sp³-hybridized carbons (Fsp3) is 0.167. The Morgan fingerprint density at radius 1 is 0.923 bits per heavy atom. The number of pyridine rings is 2. The van der Waals surface area contributed by atoms with Gasteiger partial charge in [0, 0.05) is 45.6 Å². The van der Waals surface area contributed by atoms with Crippen molar-refractivity contribution < 1.29 is 9.59 Å². The van der Waals surface area contributed by atoms with Crippen LogP contribution in [-0.2, 0) is 4.79 Å². The minimum Gasteiger partial charge on any atom is -0.352 e. The molecule has 0 aliphatic rings. The highest BCUT2D eigenvalue weighted by Crippen LogP contribution is 2.37. The van der Waals surface area contributed by atoms with Crippen LogP contribution in [0, 0.1) is 0 Å². The number of nitrogens with one attached hydrogen (secondary N) is 3. The first kappa shape index (κ1) is 24.7. The highest BCUT2D eigenvalue weighted by atomic mass is 32.1. The summed E-state index contributed by atoms with van der Waals surface area (Å²) in [4.78, 5) is 38.0. The van der Waals surface area contributed by atoms with E-state index in [2.05, 4.69) is 49.5 Å². The van der Waals surface area contributed by atoms with Crippen molar-refractivity contribution in [1.82, 2.24) is 25.1 Å². The fourth-order valence-electron chi connectivity index (χ4n) is 4.67. The average molecular weight is 535 g/mol. The molecule has 3 N–H and O–H groups in total. The lowest BCUT2D eigenvalue weighted by molar-refractivity contribution is -0.116. The van der Waals surface area contributed by atoms with Crippen molar-refractivity contribution in [2.75, 3.05) is 5.32 Å². The lowest BCUT2D eigenvalue weighted by Crippen LogP contribution is -2.11. The fourth-order valence-corrected chi connectivity index (χ4v) is 5.60. The van der Waals surface area contributed by atoms with Crippen LogP contribution in [0.2, 0.25) is 0 Å². The van der Waals surface area contributed by atoms with Gasteiger partial charge in [0.25, 0.3) is 0 Å². The average Bonchev–Trinajstić information content (AvgIpc) is 3.69. The van der Waals surface area contributed by atoms with E-state index in [4.69, 9.17) is 0 Å². The van der Waals surface area contributed by atoms with Crippen LogP contribution in [0.15, 0.2) is 67.3 Å². The van der Waals surface area contributed by atoms with Crippen molar-refractivity contribution >= 4 is 50.5 Å². The predicted octanol–water partition coefficient (Wildman–Crippen LogP) is 7.23. The van der Waals surface area contributed by atoms with E-state index in [0.29, 0.717) is 12.1 Å². The maximum absolute atomic E-state index is 12.2. The molecule has 1 aromatic carbocycles. The Balaban J connectivity index is 1.36. The summed E-state index contributed by atoms with van der Waals surface area (Å²) in [6, 6.07) is 13.9. The summed E-state index contributed by atoms with van der Waals surface area (Å²) in [5, 5.41) is 12.7. The number of fused-ring (bicyclic) bond motifs is 2. The van der Waals surface area contributed by atoms with Gasteiger partial charge in [0.15, 0.2) is 5.78 Å². The van der Waals surface area contributed by atoms with E-state index >= 15 is 0 Å². The predicted molar refractivity (Wildman–Crippen MR) is 156 cm³/mol. The number of carbonyl (C=O) groups excluding carboxylic acids is 2. The van der Waals surface area contributed by atoms with E-state index in [0.717, 1.165) is 72.5 Å². The molecule has 39 heavy (non-hydrogen) atoms. The number of amides is 1. The Hall–Kier alpha value is -4.63. The zero-order valence-electron chi connectivity index (χ0n) is 21.5. The summed E-state index contributed by atoms with van der Waals surface area (Å²) in [6.07, 6.45) is 9.42. The van der Waals surface area contributed by atoms with Gasteiger partial charge in [0.1, 0.15) is 5.69 Å². The van der Waals surface area contributed by atoms with Crippen LogP contribution in [0.5, 0.6) is 0 Å². The van der Waals surface area contributed by atoms with Crippen LogP contribution in [0.25, 0.3) is 54.8 Å². The number of benzene rings is 1. The highest BCUT2D eigenvalue weighted by Gasteiger charge is 2.16. The molecular weight excluding hydrogens is 508 g/mol. The number of aromatic amines is 2. The van der Waals surface area contributed by atoms with Crippen molar-refractivity contribution in [3.63, 3.8) is 0 Å². The van der Waals surface area contributed by atoms with Crippen molar-refractivity contribution in [3.05, 3.63) is 72.1 Å². The first-order valence-electron chi connectivity index (χ1n) is 12.8. The number of aromatic nitrogens is 5. The molecule has 0 aliphatic heterocycles. The summed E-state index contributed by atoms with van der Waals surface area (Å²) in [5.74, 6) is 0.0515. The number of unbranched alkanes of at least 4 members (excludes halogenated alkanes) is 1. The molecule has 6 aromatic rings. The molecule has 0 saturated carbocycles. The summed E-state index contributed by atoms with van der Waals surface area (Å²) in [5.41, 5.74) is 6.98. The molecule has 0 fully saturated rings. The summed E-state index contributed by atoms with van der Waals surface area (Å²) >= 11 is 1.47. The molecular formula is C30H26N6O2S. The number of ketones is 1. The smallest absolute Gasteiger partial charge is 0.224 e. The minimum atomic E-state index is -0.00360. The van der Waals surface area contributed by atoms with Crippen molar-refractivity contribution in [2.24, 2.45) is 0 Å². The lowest BCUT2D eigenvalue weighted by atomic mass is 10.0. The number of Topliss-reactive ketones (excluding diaryl/α,β-unsaturated/α-hetero) is 1. The van der Waals surface area contributed by atoms with Crippen molar-refractivity contribution in [1.29, 1.82) is 0 Å². The Morgan fingerprint density at radius 3 is 2.62 bits per heavy atom. The first-order valence-corrected chi connectivity index (χ1v) is 13.6. The molecule has 8 nitrogen and oxygen atoms in total. The molecule has 1 amide bonds. The molecule has 194 valence electrons. The first-order chi connectivity index (χ1) is 19.0. The molecule has 6 rings (SSSR count). The highest BCUT2D eigenvalue weighted by molar-refractivity contribution is 7.17. The lowest BCUT2D eigenvalue weighted by Gasteiger charge is -2.07. The maximum Gasteiger partial charge on any atom is 0.224 e. The van der Waals surface area contributed by atoms with E-state index in [1.807, 2.05) is 36.5 Å². The van der Waals surface area contributed by atoms with Crippen molar-refractivity contribution in [3.8, 4) is 33.0 Å². The molecule has 0 unspecified atom stereocenters. The van der Waals surface area contributed by atoms with Crippen LogP contribution in [0.1, 0.15) is 42.8 Å². The van der Waals surface area contributed by atoms with E-state index in [1.165, 1.54) is 11.3 Å². The number of nitrogens with zero attached hydrogens (tertiary/aromatic N) is 3. The topological polar surface area (TPSA) is 116 Å². The SMILES string of the molecule is CCCCC(=O)Nc1cncc(-c2ccc3[nH]nc(-c4cc5c(-c6ccc(C(C)=O)s6)cncc5[nH]4)c3c2)c1. The van der Waals surface area contributed by atoms with Gasteiger partial charge in [0.2, 0.25) is 5.91 Å². The number of carbonyl (C=O) groups is 2. The Labute approximate surface area is 228 Å². The van der Waals surface area contributed by atoms with Gasteiger partial charge in [-0.15, -0.1) is 11.3 Å². The van der Waals surface area contributed by atoms with Crippen molar-refractivity contribution in [2.45, 2.75) is 33.1 Å². The molecule has 0 spiro atoms. The van der Waals surface area contributed by atoms with Gasteiger partial charge in [-0.25, -0.2) is 0 Å². The largest absolute Gasteiger partial charge is 0.352 e. The summed E-state index contributed by atoms with van der Waals surface area (Å²) < 4.78 is 0. The third-order valence-corrected chi connectivity index (χ3v) is 7.91. The zero-order valence-corrected chi connectivity index (χ0v) is 22.4. The molecule has 9 heteroatoms. The number of hydrogen-bond donors (Lipinski definition) is 3. The quantitative estimate of drug-likeness (QED) is 0.178. The zero-order chi connectivity index (χ0) is 26.9. The summed E-state index contributed by atoms with van der Waals surface area (Å²) in [6.45, 7) is 3.64. The van der Waals surface area contributed by atoms with Crippen LogP contribution in [0.4, 0.5) is 5.69 Å². The van der Waals surface area contributed by atoms with Gasteiger partial charge in [-0.2, -0.15) is 5.10 Å². The van der Waals surface area contributed by atoms with Gasteiger partial charge < -0.3 is 10.3 Å². The Morgan fingerprint density at radius 2 is 1.79 bits per heavy atom. The molecule has 5 heterocycles. The van der Waals surface area contributed by atoms with Gasteiger partial charge >= 0.3 is 0 Å². The molecule has 0 bridgehead atoms. The molecule has 0 aliphatic carbocycles. The molecule has 0 atom stereocenters. The number of rotatable bonds is 8. The van der Waals surface area contributed by atoms with Crippen LogP contribution >= 0.6 is 11.3 Å². The molecule has 0 radical (unpaired) electrons. The van der Waals surface area contributed by atoms with Gasteiger partial charge in [-0.3, -0.25) is 24.7 Å². The standard InChI is InChI=1S/C30H26N6O2S/c1-3-4-5-29(38)33-20-10-19(13-31-14-20)18-6-7-24-22(11-18)30(36-35-24)25-12-21-23(15-32-16-26(21)34-25)28-9-8-27(39-28)17(2)37/h6-16,34H,3-5H2,1-2H3,(H,33,38)(H,35,36). The van der Waals surface area contributed by atoms with Crippen LogP contribution in [0.3, 0.4) is 0 Å². The molecule has 0 saturated heterocycles. The number of hydrogen-bond acceptors (Lipinski definition) is 6. The van der Waals surface area contributed by atoms with E-state index in [1.54, 1.807) is 25.5 Å². The number of anilines is 1. The second-order valence-electron chi connectivity index (χ2n) is 9.50. The van der Waals surface area contributed by atoms with E-state index in [-0.39, 0.29) is 11.7 Å². The number of H-pyrrole nitrogens is 2. The van der Waals surface area contributed by atoms with Gasteiger partial charge in [0.05, 0.1) is 39.7 Å². The van der Waals surface area contributed by atoms with Gasteiger partial charge in [-0.05, 0) is 55.3 Å². The van der Waals surface area contributed by atoms with E-state index < -0.39 is 0 Å². The third-order valence-electron chi connectivity index (χ3n) is 6.69. The maximum atomic E-state index is 12.2. The van der Waals surface area contributed by atoms with Gasteiger partial charge in [-0.1, -0.05) is 19.4 Å². The number of thiophene rings is 1. The third kappa shape index (κ3) is 4.84. The minimum absolute atomic E-state index is 0.00360. The normalized spacial score (nSPS) is 11.3. The van der Waals surface area contributed by atoms with E-state index in [9.17, 15) is 9.59 Å². The second-order valence-corrected chi connectivity index (χ2v) is 10.6. The van der Waals surface area contributed by atoms with Crippen LogP contribution in [-0.4, -0.2) is 36.8 Å². The Bertz CT molecular complexity index is 1850. The second kappa shape index (κ2) is 10.3. The Kier molecular flexibility index (Phi) is 6.50. The monoisotopic (exact) mass is 534 g/mol. The molecule has 5 aromatic heterocycles.